The van der Waals surface area contributed by atoms with E-state index >= 15 is 0 Å². The van der Waals surface area contributed by atoms with Crippen LogP contribution in [0.2, 0.25) is 0 Å². The number of nitrogens with one attached hydrogen (secondary N) is 1. The van der Waals surface area contributed by atoms with Crippen LogP contribution in [0.15, 0.2) is 24.3 Å². The third-order valence-corrected chi connectivity index (χ3v) is 4.79. The van der Waals surface area contributed by atoms with Gasteiger partial charge in [-0.05, 0) is 25.5 Å². The number of carbonyl (C=O) groups is 1. The summed E-state index contributed by atoms with van der Waals surface area (Å²) in [4.78, 5) is 12.2. The fourth-order valence-electron chi connectivity index (χ4n) is 2.66. The maximum absolute atomic E-state index is 12.2. The number of benzene rings is 1. The molecule has 5 heteroatoms. The Kier molecular flexibility index (Phi) is 4.72. The normalized spacial score (nSPS) is 27.1. The molecule has 0 aliphatic heterocycles. The highest BCUT2D eigenvalue weighted by Gasteiger charge is 2.58. The summed E-state index contributed by atoms with van der Waals surface area (Å²) in [5.41, 5.74) is 6.57. The Morgan fingerprint density at radius 3 is 2.45 bits per heavy atom. The molecule has 1 saturated carbocycles. The fraction of sp³-hybridized carbons (Fsp3) is 0.533. The van der Waals surface area contributed by atoms with Crippen LogP contribution in [0, 0.1) is 5.41 Å². The molecule has 0 saturated heterocycles. The molecule has 3 N–H and O–H groups in total. The summed E-state index contributed by atoms with van der Waals surface area (Å²) < 4.78 is 5.55. The first-order valence-corrected chi connectivity index (χ1v) is 6.52. The van der Waals surface area contributed by atoms with Gasteiger partial charge in [-0.2, -0.15) is 0 Å². The summed E-state index contributed by atoms with van der Waals surface area (Å²) in [5.74, 6) is -0.116. The predicted molar refractivity (Wildman–Crippen MR) is 83.2 cm³/mol. The van der Waals surface area contributed by atoms with Gasteiger partial charge in [0, 0.05) is 24.3 Å². The average Bonchev–Trinajstić information content (AvgIpc) is 2.38. The van der Waals surface area contributed by atoms with Crippen molar-refractivity contribution in [3.63, 3.8) is 0 Å². The molecule has 0 aromatic heterocycles. The number of ether oxygens (including phenoxy) is 1. The van der Waals surface area contributed by atoms with E-state index in [4.69, 9.17) is 10.5 Å². The van der Waals surface area contributed by atoms with E-state index in [1.165, 1.54) is 0 Å². The largest absolute Gasteiger partial charge is 0.398 e. The van der Waals surface area contributed by atoms with Crippen molar-refractivity contribution >= 4 is 24.0 Å². The molecule has 20 heavy (non-hydrogen) atoms. The molecule has 1 aromatic rings. The summed E-state index contributed by atoms with van der Waals surface area (Å²) in [7, 11) is 1.72. The lowest BCUT2D eigenvalue weighted by Crippen LogP contribution is -2.68. The maximum Gasteiger partial charge on any atom is 0.253 e. The summed E-state index contributed by atoms with van der Waals surface area (Å²) >= 11 is 0. The molecule has 4 nitrogen and oxygen atoms in total. The lowest BCUT2D eigenvalue weighted by Gasteiger charge is -2.59. The van der Waals surface area contributed by atoms with Gasteiger partial charge < -0.3 is 15.8 Å². The Morgan fingerprint density at radius 2 is 1.95 bits per heavy atom. The molecule has 0 heterocycles. The molecular weight excluding hydrogens is 276 g/mol. The van der Waals surface area contributed by atoms with Gasteiger partial charge in [0.15, 0.2) is 0 Å². The van der Waals surface area contributed by atoms with Crippen molar-refractivity contribution in [1.82, 2.24) is 5.32 Å². The van der Waals surface area contributed by atoms with E-state index in [9.17, 15) is 4.79 Å². The van der Waals surface area contributed by atoms with Gasteiger partial charge in [-0.25, -0.2) is 0 Å². The third-order valence-electron chi connectivity index (χ3n) is 4.79. The van der Waals surface area contributed by atoms with Crippen LogP contribution in [0.1, 0.15) is 37.6 Å². The van der Waals surface area contributed by atoms with Crippen LogP contribution in [0.5, 0.6) is 0 Å². The number of hydrogen-bond donors (Lipinski definition) is 2. The summed E-state index contributed by atoms with van der Waals surface area (Å²) in [6, 6.07) is 7.22. The second-order valence-electron chi connectivity index (χ2n) is 5.97. The Hall–Kier alpha value is -1.26. The van der Waals surface area contributed by atoms with Crippen molar-refractivity contribution < 1.29 is 9.53 Å². The zero-order chi connectivity index (χ0) is 14.3. The molecule has 1 fully saturated rings. The van der Waals surface area contributed by atoms with Crippen molar-refractivity contribution in [3.8, 4) is 0 Å². The van der Waals surface area contributed by atoms with Gasteiger partial charge in [0.2, 0.25) is 0 Å². The van der Waals surface area contributed by atoms with E-state index < -0.39 is 0 Å². The molecular formula is C15H23ClN2O2. The van der Waals surface area contributed by atoms with Gasteiger partial charge in [0.25, 0.3) is 5.91 Å². The predicted octanol–water partition coefficient (Wildman–Crippen LogP) is 2.62. The van der Waals surface area contributed by atoms with Crippen molar-refractivity contribution in [3.05, 3.63) is 29.8 Å². The van der Waals surface area contributed by atoms with Gasteiger partial charge in [0.1, 0.15) is 0 Å². The Bertz CT molecular complexity index is 504. The van der Waals surface area contributed by atoms with Gasteiger partial charge in [-0.15, -0.1) is 12.4 Å². The SMILES string of the molecule is COC1(C)CC(NC(=O)c2ccccc2N)C1(C)C.Cl. The molecule has 1 aliphatic carbocycles. The van der Waals surface area contributed by atoms with Crippen molar-refractivity contribution in [2.45, 2.75) is 38.8 Å². The van der Waals surface area contributed by atoms with E-state index in [1.54, 1.807) is 19.2 Å². The molecule has 1 amide bonds. The smallest absolute Gasteiger partial charge is 0.253 e. The number of halogens is 1. The first kappa shape index (κ1) is 16.8. The molecule has 0 spiro atoms. The minimum atomic E-state index is -0.187. The summed E-state index contributed by atoms with van der Waals surface area (Å²) in [5, 5.41) is 3.05. The second kappa shape index (κ2) is 5.62. The standard InChI is InChI=1S/C15H22N2O2.ClH/c1-14(2)12(9-15(14,3)19-4)17-13(18)10-7-5-6-8-11(10)16;/h5-8,12H,9,16H2,1-4H3,(H,17,18);1H. The number of carbonyl (C=O) groups excluding carboxylic acids is 1. The number of nitrogen functional groups attached to an aromatic ring is 1. The number of amides is 1. The molecule has 1 aromatic carbocycles. The van der Waals surface area contributed by atoms with E-state index in [0.717, 1.165) is 6.42 Å². The first-order valence-electron chi connectivity index (χ1n) is 6.52. The van der Waals surface area contributed by atoms with Crippen LogP contribution in [0.25, 0.3) is 0 Å². The molecule has 0 radical (unpaired) electrons. The van der Waals surface area contributed by atoms with Crippen molar-refractivity contribution in [2.75, 3.05) is 12.8 Å². The quantitative estimate of drug-likeness (QED) is 0.843. The van der Waals surface area contributed by atoms with E-state index in [0.29, 0.717) is 11.3 Å². The minimum Gasteiger partial charge on any atom is -0.398 e. The van der Waals surface area contributed by atoms with Crippen LogP contribution in [-0.4, -0.2) is 24.7 Å². The van der Waals surface area contributed by atoms with Crippen molar-refractivity contribution in [2.24, 2.45) is 5.41 Å². The highest BCUT2D eigenvalue weighted by Crippen LogP contribution is 2.51. The maximum atomic E-state index is 12.2. The van der Waals surface area contributed by atoms with E-state index in [2.05, 4.69) is 26.1 Å². The number of para-hydroxylation sites is 1. The molecule has 2 rings (SSSR count). The summed E-state index contributed by atoms with van der Waals surface area (Å²) in [6.45, 7) is 6.30. The minimum absolute atomic E-state index is 0. The van der Waals surface area contributed by atoms with Crippen molar-refractivity contribution in [1.29, 1.82) is 0 Å². The second-order valence-corrected chi connectivity index (χ2v) is 5.97. The monoisotopic (exact) mass is 298 g/mol. The first-order chi connectivity index (χ1) is 8.82. The number of methoxy groups -OCH3 is 1. The van der Waals surface area contributed by atoms with Crippen LogP contribution >= 0.6 is 12.4 Å². The molecule has 0 bridgehead atoms. The number of nitrogens with two attached hydrogens (primary N) is 1. The lowest BCUT2D eigenvalue weighted by atomic mass is 9.56. The zero-order valence-corrected chi connectivity index (χ0v) is 13.2. The van der Waals surface area contributed by atoms with Crippen LogP contribution in [0.3, 0.4) is 0 Å². The van der Waals surface area contributed by atoms with Crippen LogP contribution < -0.4 is 11.1 Å². The zero-order valence-electron chi connectivity index (χ0n) is 12.4. The fourth-order valence-corrected chi connectivity index (χ4v) is 2.66. The molecule has 112 valence electrons. The highest BCUT2D eigenvalue weighted by molar-refractivity contribution is 5.99. The average molecular weight is 299 g/mol. The number of hydrogen-bond acceptors (Lipinski definition) is 3. The Labute approximate surface area is 126 Å². The van der Waals surface area contributed by atoms with E-state index in [-0.39, 0.29) is 35.4 Å². The molecule has 2 atom stereocenters. The third kappa shape index (κ3) is 2.50. The molecule has 2 unspecified atom stereocenters. The number of rotatable bonds is 3. The Balaban J connectivity index is 0.00000200. The van der Waals surface area contributed by atoms with Gasteiger partial charge in [-0.1, -0.05) is 26.0 Å². The van der Waals surface area contributed by atoms with Gasteiger partial charge >= 0.3 is 0 Å². The van der Waals surface area contributed by atoms with Crippen LogP contribution in [-0.2, 0) is 4.74 Å². The van der Waals surface area contributed by atoms with Gasteiger partial charge in [-0.3, -0.25) is 4.79 Å². The Morgan fingerprint density at radius 1 is 1.35 bits per heavy atom. The van der Waals surface area contributed by atoms with Crippen LogP contribution in [0.4, 0.5) is 5.69 Å². The molecule has 1 aliphatic rings. The summed E-state index contributed by atoms with van der Waals surface area (Å²) in [6.07, 6.45) is 0.814. The lowest BCUT2D eigenvalue weighted by molar-refractivity contribution is -0.177. The number of anilines is 1. The van der Waals surface area contributed by atoms with E-state index in [1.807, 2.05) is 12.1 Å². The topological polar surface area (TPSA) is 64.3 Å². The highest BCUT2D eigenvalue weighted by atomic mass is 35.5. The van der Waals surface area contributed by atoms with Gasteiger partial charge in [0.05, 0.1) is 11.2 Å².